The van der Waals surface area contributed by atoms with Crippen molar-refractivity contribution in [3.05, 3.63) is 93.3 Å². The van der Waals surface area contributed by atoms with E-state index in [9.17, 15) is 24.9 Å². The number of amides is 2. The van der Waals surface area contributed by atoms with Gasteiger partial charge in [-0.05, 0) is 43.7 Å². The van der Waals surface area contributed by atoms with Crippen LogP contribution in [0.4, 0.5) is 0 Å². The van der Waals surface area contributed by atoms with Gasteiger partial charge >= 0.3 is 5.97 Å². The third kappa shape index (κ3) is 3.42. The first-order chi connectivity index (χ1) is 16.3. The molecule has 168 valence electrons. The van der Waals surface area contributed by atoms with E-state index in [1.807, 2.05) is 0 Å². The number of allylic oxidation sites excluding steroid dienone is 3. The Kier molecular flexibility index (Phi) is 5.75. The molecule has 2 aromatic carbocycles. The summed E-state index contributed by atoms with van der Waals surface area (Å²) in [6.07, 6.45) is 0. The van der Waals surface area contributed by atoms with E-state index < -0.39 is 29.7 Å². The highest BCUT2D eigenvalue weighted by molar-refractivity contribution is 6.21. The fourth-order valence-electron chi connectivity index (χ4n) is 4.44. The number of esters is 1. The third-order valence-corrected chi connectivity index (χ3v) is 6.11. The number of dihydropyridines is 1. The maximum absolute atomic E-state index is 13.0. The van der Waals surface area contributed by atoms with Gasteiger partial charge in [0.15, 0.2) is 0 Å². The van der Waals surface area contributed by atoms with E-state index >= 15 is 0 Å². The third-order valence-electron chi connectivity index (χ3n) is 6.11. The second-order valence-corrected chi connectivity index (χ2v) is 7.97. The van der Waals surface area contributed by atoms with Crippen LogP contribution < -0.4 is 5.32 Å². The number of rotatable bonds is 4. The predicted molar refractivity (Wildman–Crippen MR) is 121 cm³/mol. The summed E-state index contributed by atoms with van der Waals surface area (Å²) in [6.45, 7) is 3.35. The van der Waals surface area contributed by atoms with Crippen LogP contribution in [0.15, 0.2) is 71.1 Å². The van der Waals surface area contributed by atoms with Gasteiger partial charge in [-0.3, -0.25) is 14.5 Å². The number of fused-ring (bicyclic) bond motifs is 1. The van der Waals surface area contributed by atoms with Crippen molar-refractivity contribution in [2.45, 2.75) is 25.8 Å². The standard InChI is InChI=1S/C26H20N4O4/c1-14-20(12-27)22(16-7-6-8-17(11-16)26(33)34-3)21(13-28)23(29-14)15(2)30-24(31)18-9-4-5-10-19(18)25(30)32/h4-11,15,22,29H,1-3H3. The Morgan fingerprint density at radius 2 is 1.65 bits per heavy atom. The molecule has 8 heteroatoms. The van der Waals surface area contributed by atoms with Gasteiger partial charge in [0.2, 0.25) is 0 Å². The molecule has 34 heavy (non-hydrogen) atoms. The molecule has 4 rings (SSSR count). The quantitative estimate of drug-likeness (QED) is 0.557. The number of nitrogens with zero attached hydrogens (tertiary/aromatic N) is 3. The number of carbonyl (C=O) groups excluding carboxylic acids is 3. The zero-order chi connectivity index (χ0) is 24.6. The monoisotopic (exact) mass is 452 g/mol. The minimum Gasteiger partial charge on any atom is -0.465 e. The Morgan fingerprint density at radius 3 is 2.21 bits per heavy atom. The zero-order valence-corrected chi connectivity index (χ0v) is 18.7. The van der Waals surface area contributed by atoms with Gasteiger partial charge in [-0.25, -0.2) is 4.79 Å². The van der Waals surface area contributed by atoms with Crippen LogP contribution in [0.25, 0.3) is 0 Å². The molecule has 0 aliphatic carbocycles. The highest BCUT2D eigenvalue weighted by atomic mass is 16.5. The molecular formula is C26H20N4O4. The van der Waals surface area contributed by atoms with Crippen LogP contribution in [0, 0.1) is 22.7 Å². The first kappa shape index (κ1) is 22.5. The molecule has 2 heterocycles. The summed E-state index contributed by atoms with van der Waals surface area (Å²) in [5.74, 6) is -2.22. The van der Waals surface area contributed by atoms with Crippen LogP contribution >= 0.6 is 0 Å². The van der Waals surface area contributed by atoms with E-state index in [2.05, 4.69) is 17.5 Å². The second-order valence-electron chi connectivity index (χ2n) is 7.97. The van der Waals surface area contributed by atoms with Gasteiger partial charge in [-0.1, -0.05) is 24.3 Å². The minimum absolute atomic E-state index is 0.188. The van der Waals surface area contributed by atoms with Crippen molar-refractivity contribution >= 4 is 17.8 Å². The lowest BCUT2D eigenvalue weighted by Crippen LogP contribution is -2.44. The Hall–Kier alpha value is -4.69. The molecule has 0 aromatic heterocycles. The average molecular weight is 452 g/mol. The molecule has 1 N–H and O–H groups in total. The maximum Gasteiger partial charge on any atom is 0.337 e. The fourth-order valence-corrected chi connectivity index (χ4v) is 4.44. The van der Waals surface area contributed by atoms with E-state index in [4.69, 9.17) is 4.74 Å². The van der Waals surface area contributed by atoms with Crippen molar-refractivity contribution in [3.63, 3.8) is 0 Å². The van der Waals surface area contributed by atoms with Gasteiger partial charge in [0.05, 0.1) is 64.7 Å². The number of benzene rings is 2. The van der Waals surface area contributed by atoms with Gasteiger partial charge in [0.1, 0.15) is 0 Å². The van der Waals surface area contributed by atoms with Gasteiger partial charge in [-0.2, -0.15) is 10.5 Å². The number of nitriles is 2. The molecule has 0 saturated carbocycles. The largest absolute Gasteiger partial charge is 0.465 e. The molecule has 2 amide bonds. The Labute approximate surface area is 196 Å². The van der Waals surface area contributed by atoms with Crippen molar-refractivity contribution in [3.8, 4) is 12.1 Å². The van der Waals surface area contributed by atoms with Crippen molar-refractivity contribution in [1.29, 1.82) is 10.5 Å². The molecule has 0 spiro atoms. The van der Waals surface area contributed by atoms with Gasteiger partial charge in [0, 0.05) is 5.70 Å². The highest BCUT2D eigenvalue weighted by Crippen LogP contribution is 2.40. The average Bonchev–Trinajstić information content (AvgIpc) is 3.12. The lowest BCUT2D eigenvalue weighted by molar-refractivity contribution is 0.0593. The summed E-state index contributed by atoms with van der Waals surface area (Å²) in [5.41, 5.74) is 2.77. The first-order valence-corrected chi connectivity index (χ1v) is 10.5. The molecule has 2 aliphatic rings. The van der Waals surface area contributed by atoms with Crippen molar-refractivity contribution in [2.24, 2.45) is 0 Å². The van der Waals surface area contributed by atoms with Crippen LogP contribution in [0.2, 0.25) is 0 Å². The number of methoxy groups -OCH3 is 1. The molecule has 2 aromatic rings. The maximum atomic E-state index is 13.0. The molecule has 2 aliphatic heterocycles. The van der Waals surface area contributed by atoms with Crippen molar-refractivity contribution in [1.82, 2.24) is 10.2 Å². The summed E-state index contributed by atoms with van der Waals surface area (Å²) in [5, 5.41) is 23.1. The summed E-state index contributed by atoms with van der Waals surface area (Å²) in [4.78, 5) is 39.3. The van der Waals surface area contributed by atoms with E-state index in [-0.39, 0.29) is 11.1 Å². The Bertz CT molecular complexity index is 1350. The summed E-state index contributed by atoms with van der Waals surface area (Å²) >= 11 is 0. The minimum atomic E-state index is -0.802. The molecule has 0 fully saturated rings. The van der Waals surface area contributed by atoms with Crippen LogP contribution in [0.1, 0.15) is 56.4 Å². The van der Waals surface area contributed by atoms with Crippen molar-refractivity contribution < 1.29 is 19.1 Å². The topological polar surface area (TPSA) is 123 Å². The number of ether oxygens (including phenoxy) is 1. The smallest absolute Gasteiger partial charge is 0.337 e. The van der Waals surface area contributed by atoms with Crippen LogP contribution in [-0.2, 0) is 4.74 Å². The second kappa shape index (κ2) is 8.68. The van der Waals surface area contributed by atoms with E-state index in [1.54, 1.807) is 62.4 Å². The summed E-state index contributed by atoms with van der Waals surface area (Å²) < 4.78 is 4.80. The number of carbonyl (C=O) groups is 3. The predicted octanol–water partition coefficient (Wildman–Crippen LogP) is 3.42. The lowest BCUT2D eigenvalue weighted by atomic mass is 9.80. The zero-order valence-electron chi connectivity index (χ0n) is 18.7. The number of nitrogens with one attached hydrogen (secondary N) is 1. The first-order valence-electron chi connectivity index (χ1n) is 10.5. The van der Waals surface area contributed by atoms with E-state index in [0.29, 0.717) is 33.7 Å². The van der Waals surface area contributed by atoms with Crippen molar-refractivity contribution in [2.75, 3.05) is 7.11 Å². The SMILES string of the molecule is COC(=O)c1cccc(C2C(C#N)=C(C)NC(C(C)N3C(=O)c4ccccc4C3=O)=C2C#N)c1. The molecule has 0 bridgehead atoms. The molecular weight excluding hydrogens is 432 g/mol. The molecule has 0 saturated heterocycles. The Balaban J connectivity index is 1.84. The van der Waals surface area contributed by atoms with E-state index in [0.717, 1.165) is 4.90 Å². The fraction of sp³-hybridized carbons (Fsp3) is 0.192. The van der Waals surface area contributed by atoms with Gasteiger partial charge < -0.3 is 10.1 Å². The Morgan fingerprint density at radius 1 is 1.03 bits per heavy atom. The number of hydrogen-bond acceptors (Lipinski definition) is 7. The highest BCUT2D eigenvalue weighted by Gasteiger charge is 2.42. The number of hydrogen-bond donors (Lipinski definition) is 1. The normalized spacial score (nSPS) is 18.1. The molecule has 8 nitrogen and oxygen atoms in total. The summed E-state index contributed by atoms with van der Waals surface area (Å²) in [6, 6.07) is 16.6. The van der Waals surface area contributed by atoms with E-state index in [1.165, 1.54) is 7.11 Å². The molecule has 2 atom stereocenters. The van der Waals surface area contributed by atoms with Gasteiger partial charge in [0.25, 0.3) is 11.8 Å². The van der Waals surface area contributed by atoms with Crippen LogP contribution in [-0.4, -0.2) is 35.8 Å². The number of imide groups is 1. The lowest BCUT2D eigenvalue weighted by Gasteiger charge is -2.33. The molecule has 0 radical (unpaired) electrons. The van der Waals surface area contributed by atoms with Crippen LogP contribution in [0.3, 0.4) is 0 Å². The summed E-state index contributed by atoms with van der Waals surface area (Å²) in [7, 11) is 1.27. The molecule has 2 unspecified atom stereocenters. The van der Waals surface area contributed by atoms with Gasteiger partial charge in [-0.15, -0.1) is 0 Å². The van der Waals surface area contributed by atoms with Crippen LogP contribution in [0.5, 0.6) is 0 Å².